The summed E-state index contributed by atoms with van der Waals surface area (Å²) in [4.78, 5) is 0. The van der Waals surface area contributed by atoms with Gasteiger partial charge in [-0.25, -0.2) is 0 Å². The summed E-state index contributed by atoms with van der Waals surface area (Å²) in [5, 5.41) is 46.1. The molecule has 0 aliphatic carbocycles. The average molecular weight is 306 g/mol. The molecule has 0 fully saturated rings. The van der Waals surface area contributed by atoms with Crippen molar-refractivity contribution in [2.75, 3.05) is 0 Å². The Balaban J connectivity index is -0.0000000227. The van der Waals surface area contributed by atoms with Crippen molar-refractivity contribution in [2.24, 2.45) is 0 Å². The standard InChI is InChI=1S/C6H6O.6CN.Fe/c7-6-4-2-1-3-5-6;6*1-2;/h1-5,7H;;;;;;;/q;6*-1;+6. The van der Waals surface area contributed by atoms with Gasteiger partial charge in [0.05, 0.1) is 0 Å². The molecule has 7 nitrogen and oxygen atoms in total. The fourth-order valence-corrected chi connectivity index (χ4v) is 0.428. The third-order valence-electron chi connectivity index (χ3n) is 0.756. The van der Waals surface area contributed by atoms with Gasteiger partial charge in [0.25, 0.3) is 0 Å². The van der Waals surface area contributed by atoms with E-state index in [2.05, 4.69) is 0 Å². The maximum absolute atomic E-state index is 8.63. The summed E-state index contributed by atoms with van der Waals surface area (Å²) in [5.41, 5.74) is 0. The smallest absolute Gasteiger partial charge is 0.512 e. The van der Waals surface area contributed by atoms with Crippen LogP contribution in [0.25, 0.3) is 0 Å². The van der Waals surface area contributed by atoms with E-state index in [1.165, 1.54) is 0 Å². The first kappa shape index (κ1) is 43.9. The Kier molecular flexibility index (Phi) is 355. The van der Waals surface area contributed by atoms with Crippen molar-refractivity contribution in [3.05, 3.63) is 69.8 Å². The van der Waals surface area contributed by atoms with E-state index < -0.39 is 0 Å². The minimum absolute atomic E-state index is 0. The first-order chi connectivity index (χ1) is 9.39. The predicted octanol–water partition coefficient (Wildman–Crippen LogP) is 1.97. The largest absolute Gasteiger partial charge is 6.00 e. The summed E-state index contributed by atoms with van der Waals surface area (Å²) in [6.07, 6.45) is 0. The molecule has 0 saturated carbocycles. The zero-order valence-electron chi connectivity index (χ0n) is 9.87. The minimum atomic E-state index is 0. The van der Waals surface area contributed by atoms with E-state index in [9.17, 15) is 0 Å². The number of hydrogen-bond donors (Lipinski definition) is 1. The van der Waals surface area contributed by atoms with Crippen LogP contribution in [0, 0.1) is 71.0 Å². The number of hydrogen-bond acceptors (Lipinski definition) is 7. The summed E-state index contributed by atoms with van der Waals surface area (Å²) in [7, 11) is 0. The maximum atomic E-state index is 8.63. The topological polar surface area (TPSA) is 163 Å². The van der Waals surface area contributed by atoms with Crippen LogP contribution in [-0.4, -0.2) is 5.11 Å². The van der Waals surface area contributed by atoms with E-state index in [1.54, 1.807) is 24.3 Å². The molecule has 20 heavy (non-hydrogen) atoms. The number of para-hydroxylation sites is 1. The predicted molar refractivity (Wildman–Crippen MR) is 57.9 cm³/mol. The molecule has 0 amide bonds. The summed E-state index contributed by atoms with van der Waals surface area (Å²) in [5.74, 6) is 0.322. The van der Waals surface area contributed by atoms with Crippen molar-refractivity contribution in [1.82, 2.24) is 0 Å². The van der Waals surface area contributed by atoms with Crippen molar-refractivity contribution in [1.29, 1.82) is 31.6 Å². The monoisotopic (exact) mass is 306 g/mol. The molecule has 1 aromatic carbocycles. The minimum Gasteiger partial charge on any atom is -0.512 e. The fraction of sp³-hybridized carbons (Fsp3) is 0. The van der Waals surface area contributed by atoms with Crippen molar-refractivity contribution in [3.8, 4) is 5.75 Å². The molecule has 0 bridgehead atoms. The van der Waals surface area contributed by atoms with E-state index in [0.717, 1.165) is 0 Å². The number of rotatable bonds is 0. The molecule has 1 N–H and O–H groups in total. The van der Waals surface area contributed by atoms with Gasteiger partial charge >= 0.3 is 17.1 Å². The van der Waals surface area contributed by atoms with E-state index in [4.69, 9.17) is 76.1 Å². The summed E-state index contributed by atoms with van der Waals surface area (Å²) < 4.78 is 0. The van der Waals surface area contributed by atoms with Crippen LogP contribution in [0.15, 0.2) is 30.3 Å². The second kappa shape index (κ2) is 162. The Morgan fingerprint density at radius 1 is 0.550 bits per heavy atom. The van der Waals surface area contributed by atoms with Gasteiger partial charge < -0.3 is 76.1 Å². The maximum Gasteiger partial charge on any atom is 6.00 e. The van der Waals surface area contributed by atoms with Gasteiger partial charge in [0, 0.05) is 0 Å². The molecule has 0 atom stereocenters. The van der Waals surface area contributed by atoms with Crippen LogP contribution in [-0.2, 0) is 17.1 Å². The van der Waals surface area contributed by atoms with E-state index >= 15 is 0 Å². The second-order valence-corrected chi connectivity index (χ2v) is 1.34. The van der Waals surface area contributed by atoms with Crippen LogP contribution in [0.3, 0.4) is 0 Å². The van der Waals surface area contributed by atoms with E-state index in [-0.39, 0.29) is 17.1 Å². The van der Waals surface area contributed by atoms with Crippen molar-refractivity contribution in [2.45, 2.75) is 0 Å². The Morgan fingerprint density at radius 3 is 0.850 bits per heavy atom. The van der Waals surface area contributed by atoms with Crippen molar-refractivity contribution >= 4 is 0 Å². The molecule has 0 aliphatic rings. The normalized spacial score (nSPS) is 3.60. The van der Waals surface area contributed by atoms with Crippen molar-refractivity contribution in [3.63, 3.8) is 0 Å². The SMILES string of the molecule is Oc1ccccc1.[C-]#N.[C-]#N.[C-]#N.[C-]#N.[C-]#N.[C-]#N.[Fe+6]. The third-order valence-corrected chi connectivity index (χ3v) is 0.756. The summed E-state index contributed by atoms with van der Waals surface area (Å²) >= 11 is 0. The molecular weight excluding hydrogens is 300 g/mol. The quantitative estimate of drug-likeness (QED) is 0.565. The number of nitrogens with zero attached hydrogens (tertiary/aromatic N) is 6. The van der Waals surface area contributed by atoms with Gasteiger partial charge in [0.2, 0.25) is 0 Å². The van der Waals surface area contributed by atoms with Crippen LogP contribution in [0.1, 0.15) is 0 Å². The van der Waals surface area contributed by atoms with Crippen molar-refractivity contribution < 1.29 is 22.2 Å². The summed E-state index contributed by atoms with van der Waals surface area (Å²) in [6.45, 7) is 28.5. The average Bonchev–Trinajstić information content (AvgIpc) is 2.59. The first-order valence-corrected chi connectivity index (χ1v) is 3.48. The van der Waals surface area contributed by atoms with Gasteiger partial charge in [-0.05, 0) is 12.1 Å². The van der Waals surface area contributed by atoms with E-state index in [0.29, 0.717) is 5.75 Å². The molecule has 8 heteroatoms. The van der Waals surface area contributed by atoms with Gasteiger partial charge in [0.1, 0.15) is 5.75 Å². The van der Waals surface area contributed by atoms with Gasteiger partial charge in [0.15, 0.2) is 0 Å². The molecule has 98 valence electrons. The van der Waals surface area contributed by atoms with Crippen LogP contribution in [0.2, 0.25) is 0 Å². The van der Waals surface area contributed by atoms with Crippen LogP contribution in [0.5, 0.6) is 5.75 Å². The van der Waals surface area contributed by atoms with Crippen LogP contribution >= 0.6 is 0 Å². The zero-order chi connectivity index (χ0) is 17.1. The third kappa shape index (κ3) is 131. The Morgan fingerprint density at radius 2 is 0.750 bits per heavy atom. The molecule has 0 saturated heterocycles. The fourth-order valence-electron chi connectivity index (χ4n) is 0.428. The zero-order valence-corrected chi connectivity index (χ0v) is 11.0. The second-order valence-electron chi connectivity index (χ2n) is 1.34. The van der Waals surface area contributed by atoms with Gasteiger partial charge in [-0.2, -0.15) is 0 Å². The van der Waals surface area contributed by atoms with Crippen LogP contribution in [0.4, 0.5) is 0 Å². The number of benzene rings is 1. The van der Waals surface area contributed by atoms with E-state index in [1.807, 2.05) is 6.07 Å². The molecule has 0 radical (unpaired) electrons. The van der Waals surface area contributed by atoms with Gasteiger partial charge in [-0.15, -0.1) is 0 Å². The molecule has 1 rings (SSSR count). The Bertz CT molecular complexity index is 306. The molecule has 1 aromatic rings. The summed E-state index contributed by atoms with van der Waals surface area (Å²) in [6, 6.07) is 8.71. The molecule has 0 aliphatic heterocycles. The van der Waals surface area contributed by atoms with Crippen LogP contribution < -0.4 is 0 Å². The Hall–Kier alpha value is -3.52. The Labute approximate surface area is 129 Å². The molecular formula is C12H6FeN6O. The number of phenolic OH excluding ortho intramolecular Hbond substituents is 1. The molecule has 0 aromatic heterocycles. The number of aromatic hydroxyl groups is 1. The first-order valence-electron chi connectivity index (χ1n) is 3.48. The number of phenols is 1. The molecule has 0 spiro atoms. The molecule has 0 unspecified atom stereocenters. The van der Waals surface area contributed by atoms with Gasteiger partial charge in [-0.1, -0.05) is 18.2 Å². The van der Waals surface area contributed by atoms with Gasteiger partial charge in [-0.3, -0.25) is 0 Å². The molecule has 0 heterocycles.